The Morgan fingerprint density at radius 3 is 2.47 bits per heavy atom. The second kappa shape index (κ2) is 11.1. The highest BCUT2D eigenvalue weighted by atomic mass is 32.2. The van der Waals surface area contributed by atoms with Crippen LogP contribution in [0, 0.1) is 6.92 Å². The fourth-order valence-electron chi connectivity index (χ4n) is 4.95. The molecule has 4 aromatic rings. The minimum Gasteiger partial charge on any atom is -0.486 e. The fraction of sp³-hybridized carbons (Fsp3) is 0.267. The first kappa shape index (κ1) is 24.8. The highest BCUT2D eigenvalue weighted by Gasteiger charge is 2.51. The van der Waals surface area contributed by atoms with Crippen LogP contribution in [0.15, 0.2) is 107 Å². The molecule has 192 valence electrons. The van der Waals surface area contributed by atoms with Crippen molar-refractivity contribution < 1.29 is 18.9 Å². The summed E-state index contributed by atoms with van der Waals surface area (Å²) in [4.78, 5) is 4.21. The van der Waals surface area contributed by atoms with Crippen molar-refractivity contribution in [3.8, 4) is 5.75 Å². The normalized spacial score (nSPS) is 26.8. The van der Waals surface area contributed by atoms with Crippen LogP contribution < -0.4 is 4.74 Å². The number of nitrogens with zero attached hydrogens (tertiary/aromatic N) is 3. The van der Waals surface area contributed by atoms with Crippen molar-refractivity contribution >= 4 is 22.5 Å². The van der Waals surface area contributed by atoms with Gasteiger partial charge in [-0.25, -0.2) is 0 Å². The van der Waals surface area contributed by atoms with Gasteiger partial charge >= 0.3 is 0 Å². The Labute approximate surface area is 225 Å². The van der Waals surface area contributed by atoms with E-state index < -0.39 is 36.1 Å². The van der Waals surface area contributed by atoms with Gasteiger partial charge in [0, 0.05) is 20.8 Å². The molecule has 0 radical (unpaired) electrons. The second-order valence-corrected chi connectivity index (χ2v) is 10.6. The van der Waals surface area contributed by atoms with E-state index in [1.165, 1.54) is 17.3 Å². The number of fused-ring (bicyclic) bond motifs is 2. The molecule has 0 spiro atoms. The van der Waals surface area contributed by atoms with Gasteiger partial charge in [0.25, 0.3) is 0 Å². The smallest absolute Gasteiger partial charge is 0.184 e. The van der Waals surface area contributed by atoms with E-state index in [0.717, 1.165) is 21.2 Å². The number of hydrogen-bond acceptors (Lipinski definition) is 6. The van der Waals surface area contributed by atoms with Crippen LogP contribution in [-0.4, -0.2) is 36.4 Å². The molecule has 0 amide bonds. The molecule has 0 bridgehead atoms. The molecule has 1 unspecified atom stereocenters. The van der Waals surface area contributed by atoms with E-state index in [2.05, 4.69) is 22.2 Å². The summed E-state index contributed by atoms with van der Waals surface area (Å²) in [6.07, 6.45) is -2.09. The molecule has 2 aliphatic heterocycles. The Morgan fingerprint density at radius 2 is 1.66 bits per heavy atom. The van der Waals surface area contributed by atoms with Crippen molar-refractivity contribution in [2.24, 2.45) is 5.11 Å². The molecule has 0 saturated carbocycles. The zero-order chi connectivity index (χ0) is 25.9. The quantitative estimate of drug-likeness (QED) is 0.151. The van der Waals surface area contributed by atoms with Crippen LogP contribution >= 0.6 is 11.8 Å². The first-order chi connectivity index (χ1) is 18.7. The lowest BCUT2D eigenvalue weighted by Gasteiger charge is -2.48. The summed E-state index contributed by atoms with van der Waals surface area (Å²) >= 11 is 1.51. The maximum atomic E-state index is 9.59. The summed E-state index contributed by atoms with van der Waals surface area (Å²) in [6, 6.07) is 31.4. The number of hydrogen-bond donors (Lipinski definition) is 0. The molecule has 38 heavy (non-hydrogen) atoms. The van der Waals surface area contributed by atoms with Crippen LogP contribution in [-0.2, 0) is 14.2 Å². The van der Waals surface area contributed by atoms with Crippen molar-refractivity contribution in [3.63, 3.8) is 0 Å². The molecule has 7 nitrogen and oxygen atoms in total. The molecule has 2 saturated heterocycles. The predicted molar refractivity (Wildman–Crippen MR) is 147 cm³/mol. The van der Waals surface area contributed by atoms with Gasteiger partial charge < -0.3 is 18.9 Å². The second-order valence-electron chi connectivity index (χ2n) is 9.41. The van der Waals surface area contributed by atoms with Crippen molar-refractivity contribution in [2.45, 2.75) is 47.9 Å². The average Bonchev–Trinajstić information content (AvgIpc) is 2.96. The Balaban J connectivity index is 1.37. The SMILES string of the molecule is Cc1ccc(S[C@@H]2O[C@@H]3COC(c4ccccc4)O[C@@H]3[C@H](Oc3cccc4ccccc34)[C@H]2N=[N+]=[N-])cc1. The van der Waals surface area contributed by atoms with Crippen LogP contribution in [0.5, 0.6) is 5.75 Å². The molecule has 2 fully saturated rings. The summed E-state index contributed by atoms with van der Waals surface area (Å²) in [7, 11) is 0. The highest BCUT2D eigenvalue weighted by molar-refractivity contribution is 7.99. The molecule has 6 atom stereocenters. The zero-order valence-electron chi connectivity index (χ0n) is 20.8. The largest absolute Gasteiger partial charge is 0.486 e. The number of rotatable bonds is 6. The van der Waals surface area contributed by atoms with Gasteiger partial charge in [0.2, 0.25) is 0 Å². The van der Waals surface area contributed by atoms with E-state index in [1.807, 2.05) is 91.9 Å². The molecule has 2 heterocycles. The molecule has 0 N–H and O–H groups in total. The van der Waals surface area contributed by atoms with Crippen LogP contribution in [0.3, 0.4) is 0 Å². The van der Waals surface area contributed by atoms with E-state index in [-0.39, 0.29) is 0 Å². The van der Waals surface area contributed by atoms with Gasteiger partial charge in [0.05, 0.1) is 6.61 Å². The maximum absolute atomic E-state index is 9.59. The monoisotopic (exact) mass is 525 g/mol. The van der Waals surface area contributed by atoms with Gasteiger partial charge in [-0.3, -0.25) is 0 Å². The van der Waals surface area contributed by atoms with E-state index in [1.54, 1.807) is 0 Å². The fourth-order valence-corrected chi connectivity index (χ4v) is 6.06. The Kier molecular flexibility index (Phi) is 7.22. The number of thioether (sulfide) groups is 1. The Morgan fingerprint density at radius 1 is 0.895 bits per heavy atom. The summed E-state index contributed by atoms with van der Waals surface area (Å²) in [5, 5.41) is 6.26. The third kappa shape index (κ3) is 5.10. The lowest BCUT2D eigenvalue weighted by molar-refractivity contribution is -0.302. The molecule has 0 aromatic heterocycles. The van der Waals surface area contributed by atoms with Crippen LogP contribution in [0.1, 0.15) is 17.4 Å². The first-order valence-electron chi connectivity index (χ1n) is 12.6. The number of ether oxygens (including phenoxy) is 4. The van der Waals surface area contributed by atoms with E-state index >= 15 is 0 Å². The standard InChI is InChI=1S/C30H27N3O4S/c1-19-14-16-22(17-15-19)38-30-26(32-33-31)28(35-24-13-7-11-20-8-5-6-12-23(20)24)27-25(36-30)18-34-29(37-27)21-9-3-2-4-10-21/h2-17,25-30H,18H2,1H3/t25-,26-,27+,28-,29?,30+/m1/s1. The molecule has 8 heteroatoms. The third-order valence-corrected chi connectivity index (χ3v) is 8.02. The lowest BCUT2D eigenvalue weighted by atomic mass is 9.96. The summed E-state index contributed by atoms with van der Waals surface area (Å²) < 4.78 is 25.8. The van der Waals surface area contributed by atoms with E-state index in [0.29, 0.717) is 12.4 Å². The third-order valence-electron chi connectivity index (χ3n) is 6.85. The average molecular weight is 526 g/mol. The van der Waals surface area contributed by atoms with Crippen molar-refractivity contribution in [3.05, 3.63) is 119 Å². The van der Waals surface area contributed by atoms with Crippen molar-refractivity contribution in [2.75, 3.05) is 6.61 Å². The summed E-state index contributed by atoms with van der Waals surface area (Å²) in [5.41, 5.74) is 11.2. The van der Waals surface area contributed by atoms with Gasteiger partial charge in [-0.05, 0) is 36.0 Å². The van der Waals surface area contributed by atoms with Gasteiger partial charge in [0.1, 0.15) is 35.5 Å². The molecule has 2 aliphatic rings. The van der Waals surface area contributed by atoms with Gasteiger partial charge in [0.15, 0.2) is 6.29 Å². The molecular formula is C30H27N3O4S. The van der Waals surface area contributed by atoms with Crippen molar-refractivity contribution in [1.82, 2.24) is 0 Å². The topological polar surface area (TPSA) is 85.7 Å². The lowest BCUT2D eigenvalue weighted by Crippen LogP contribution is -2.62. The molecule has 4 aromatic carbocycles. The number of azide groups is 1. The molecule has 6 rings (SSSR count). The Hall–Kier alpha value is -3.52. The minimum atomic E-state index is -0.652. The maximum Gasteiger partial charge on any atom is 0.184 e. The van der Waals surface area contributed by atoms with Crippen LogP contribution in [0.25, 0.3) is 21.2 Å². The van der Waals surface area contributed by atoms with Gasteiger partial charge in [-0.2, -0.15) is 0 Å². The van der Waals surface area contributed by atoms with Crippen molar-refractivity contribution in [1.29, 1.82) is 0 Å². The molecular weight excluding hydrogens is 498 g/mol. The summed E-state index contributed by atoms with van der Waals surface area (Å²) in [6.45, 7) is 2.38. The highest BCUT2D eigenvalue weighted by Crippen LogP contribution is 2.42. The zero-order valence-corrected chi connectivity index (χ0v) is 21.6. The minimum absolute atomic E-state index is 0.327. The first-order valence-corrected chi connectivity index (χ1v) is 13.5. The van der Waals surface area contributed by atoms with E-state index in [4.69, 9.17) is 18.9 Å². The Bertz CT molecular complexity index is 1440. The summed E-state index contributed by atoms with van der Waals surface area (Å²) in [5.74, 6) is 0.706. The van der Waals surface area contributed by atoms with E-state index in [9.17, 15) is 5.53 Å². The van der Waals surface area contributed by atoms with Gasteiger partial charge in [-0.1, -0.05) is 101 Å². The number of aryl methyl sites for hydroxylation is 1. The van der Waals surface area contributed by atoms with Gasteiger partial charge in [-0.15, -0.1) is 0 Å². The molecule has 0 aliphatic carbocycles. The van der Waals surface area contributed by atoms with Crippen LogP contribution in [0.4, 0.5) is 0 Å². The number of benzene rings is 4. The van der Waals surface area contributed by atoms with Crippen LogP contribution in [0.2, 0.25) is 0 Å². The predicted octanol–water partition coefficient (Wildman–Crippen LogP) is 7.21.